The first-order chi connectivity index (χ1) is 9.36. The first-order valence-corrected chi connectivity index (χ1v) is 8.79. The summed E-state index contributed by atoms with van der Waals surface area (Å²) in [4.78, 5) is 2.75. The van der Waals surface area contributed by atoms with Crippen molar-refractivity contribution in [2.45, 2.75) is 64.2 Å². The van der Waals surface area contributed by atoms with Crippen LogP contribution in [0.4, 0.5) is 0 Å². The summed E-state index contributed by atoms with van der Waals surface area (Å²) in [5.74, 6) is 1.02. The zero-order chi connectivity index (χ0) is 13.0. The molecule has 0 unspecified atom stereocenters. The lowest BCUT2D eigenvalue weighted by atomic mass is 9.77. The topological polar surface area (TPSA) is 15.3 Å². The fraction of sp³-hybridized carbons (Fsp3) is 1.00. The molecule has 1 aliphatic carbocycles. The van der Waals surface area contributed by atoms with Gasteiger partial charge in [-0.3, -0.25) is 0 Å². The molecule has 0 atom stereocenters. The van der Waals surface area contributed by atoms with Gasteiger partial charge in [0.15, 0.2) is 0 Å². The molecular formula is C17H32N2. The van der Waals surface area contributed by atoms with Crippen LogP contribution in [0.3, 0.4) is 0 Å². The predicted octanol–water partition coefficient (Wildman–Crippen LogP) is 3.42. The maximum Gasteiger partial charge on any atom is -0.00134 e. The van der Waals surface area contributed by atoms with Gasteiger partial charge in [-0.1, -0.05) is 12.8 Å². The second-order valence-electron chi connectivity index (χ2n) is 7.38. The Morgan fingerprint density at radius 1 is 0.947 bits per heavy atom. The summed E-state index contributed by atoms with van der Waals surface area (Å²) in [6.07, 6.45) is 14.9. The highest BCUT2D eigenvalue weighted by Gasteiger charge is 2.36. The van der Waals surface area contributed by atoms with Crippen molar-refractivity contribution in [1.29, 1.82) is 0 Å². The average molecular weight is 264 g/mol. The molecule has 2 aliphatic heterocycles. The molecule has 0 radical (unpaired) electrons. The Balaban J connectivity index is 1.31. The molecule has 0 aromatic rings. The first kappa shape index (κ1) is 13.9. The molecule has 19 heavy (non-hydrogen) atoms. The van der Waals surface area contributed by atoms with Crippen LogP contribution in [0.1, 0.15) is 64.2 Å². The van der Waals surface area contributed by atoms with Crippen LogP contribution >= 0.6 is 0 Å². The molecule has 2 heteroatoms. The molecule has 0 bridgehead atoms. The van der Waals surface area contributed by atoms with Crippen molar-refractivity contribution in [2.75, 3.05) is 32.7 Å². The van der Waals surface area contributed by atoms with Crippen molar-refractivity contribution in [3.05, 3.63) is 0 Å². The van der Waals surface area contributed by atoms with Gasteiger partial charge < -0.3 is 10.2 Å². The van der Waals surface area contributed by atoms with Gasteiger partial charge in [-0.2, -0.15) is 0 Å². The van der Waals surface area contributed by atoms with Crippen LogP contribution in [-0.4, -0.2) is 37.6 Å². The van der Waals surface area contributed by atoms with Gasteiger partial charge in [0.1, 0.15) is 0 Å². The highest BCUT2D eigenvalue weighted by molar-refractivity contribution is 4.89. The molecule has 3 fully saturated rings. The lowest BCUT2D eigenvalue weighted by molar-refractivity contribution is 0.105. The zero-order valence-electron chi connectivity index (χ0n) is 12.6. The molecule has 0 amide bonds. The first-order valence-electron chi connectivity index (χ1n) is 8.79. The van der Waals surface area contributed by atoms with Gasteiger partial charge in [0.25, 0.3) is 0 Å². The largest absolute Gasteiger partial charge is 0.317 e. The molecule has 1 N–H and O–H groups in total. The van der Waals surface area contributed by atoms with Gasteiger partial charge in [0.2, 0.25) is 0 Å². The van der Waals surface area contributed by atoms with Crippen molar-refractivity contribution in [3.8, 4) is 0 Å². The second kappa shape index (κ2) is 6.58. The van der Waals surface area contributed by atoms with E-state index in [9.17, 15) is 0 Å². The van der Waals surface area contributed by atoms with Gasteiger partial charge in [-0.05, 0) is 95.4 Å². The molecule has 1 saturated carbocycles. The number of likely N-dealkylation sites (tertiary alicyclic amines) is 1. The normalized spacial score (nSPS) is 29.1. The molecule has 3 aliphatic rings. The van der Waals surface area contributed by atoms with E-state index < -0.39 is 0 Å². The van der Waals surface area contributed by atoms with E-state index in [1.165, 1.54) is 96.9 Å². The lowest BCUT2D eigenvalue weighted by Crippen LogP contribution is -2.39. The number of nitrogens with zero attached hydrogens (tertiary/aromatic N) is 1. The minimum atomic E-state index is 0.797. The van der Waals surface area contributed by atoms with Gasteiger partial charge in [-0.25, -0.2) is 0 Å². The van der Waals surface area contributed by atoms with E-state index >= 15 is 0 Å². The smallest absolute Gasteiger partial charge is 0.00134 e. The third kappa shape index (κ3) is 3.72. The number of hydrogen-bond acceptors (Lipinski definition) is 2. The Morgan fingerprint density at radius 3 is 2.32 bits per heavy atom. The standard InChI is InChI=1S/C17H32N2/c1-2-8-17(7-1)9-14-19(15-10-17)13-3-4-16-5-11-18-12-6-16/h16,18H,1-15H2. The summed E-state index contributed by atoms with van der Waals surface area (Å²) in [5, 5.41) is 3.47. The molecule has 2 heterocycles. The van der Waals surface area contributed by atoms with Gasteiger partial charge >= 0.3 is 0 Å². The Morgan fingerprint density at radius 2 is 1.63 bits per heavy atom. The Labute approximate surface area is 119 Å². The second-order valence-corrected chi connectivity index (χ2v) is 7.38. The monoisotopic (exact) mass is 264 g/mol. The predicted molar refractivity (Wildman–Crippen MR) is 81.4 cm³/mol. The molecule has 3 rings (SSSR count). The molecule has 0 aromatic carbocycles. The average Bonchev–Trinajstić information content (AvgIpc) is 2.91. The van der Waals surface area contributed by atoms with Crippen LogP contribution in [0.5, 0.6) is 0 Å². The molecule has 2 saturated heterocycles. The third-order valence-corrected chi connectivity index (χ3v) is 6.13. The van der Waals surface area contributed by atoms with E-state index in [4.69, 9.17) is 0 Å². The quantitative estimate of drug-likeness (QED) is 0.837. The van der Waals surface area contributed by atoms with E-state index in [0.29, 0.717) is 0 Å². The van der Waals surface area contributed by atoms with Crippen molar-refractivity contribution >= 4 is 0 Å². The van der Waals surface area contributed by atoms with Crippen molar-refractivity contribution < 1.29 is 0 Å². The fourth-order valence-electron chi connectivity index (χ4n) is 4.65. The number of rotatable bonds is 4. The highest BCUT2D eigenvalue weighted by Crippen LogP contribution is 2.46. The van der Waals surface area contributed by atoms with E-state index in [1.807, 2.05) is 0 Å². The number of nitrogens with one attached hydrogen (secondary N) is 1. The van der Waals surface area contributed by atoms with Crippen LogP contribution in [0, 0.1) is 11.3 Å². The van der Waals surface area contributed by atoms with Crippen LogP contribution < -0.4 is 5.32 Å². The van der Waals surface area contributed by atoms with Gasteiger partial charge in [0, 0.05) is 0 Å². The van der Waals surface area contributed by atoms with E-state index in [1.54, 1.807) is 0 Å². The Hall–Kier alpha value is -0.0800. The van der Waals surface area contributed by atoms with Crippen LogP contribution in [-0.2, 0) is 0 Å². The molecule has 2 nitrogen and oxygen atoms in total. The number of hydrogen-bond donors (Lipinski definition) is 1. The van der Waals surface area contributed by atoms with Crippen LogP contribution in [0.25, 0.3) is 0 Å². The van der Waals surface area contributed by atoms with E-state index in [0.717, 1.165) is 11.3 Å². The molecular weight excluding hydrogens is 232 g/mol. The van der Waals surface area contributed by atoms with Crippen LogP contribution in [0.2, 0.25) is 0 Å². The zero-order valence-corrected chi connectivity index (χ0v) is 12.6. The minimum absolute atomic E-state index is 0.797. The van der Waals surface area contributed by atoms with Gasteiger partial charge in [0.05, 0.1) is 0 Å². The number of piperidine rings is 2. The SMILES string of the molecule is C(CC1CCNCC1)CN1CCC2(CCCC2)CC1. The Bertz CT molecular complexity index is 254. The summed E-state index contributed by atoms with van der Waals surface area (Å²) in [7, 11) is 0. The Kier molecular flexibility index (Phi) is 4.81. The van der Waals surface area contributed by atoms with Crippen LogP contribution in [0.15, 0.2) is 0 Å². The summed E-state index contributed by atoms with van der Waals surface area (Å²) in [6.45, 7) is 6.69. The lowest BCUT2D eigenvalue weighted by Gasteiger charge is -2.39. The van der Waals surface area contributed by atoms with Crippen molar-refractivity contribution in [2.24, 2.45) is 11.3 Å². The highest BCUT2D eigenvalue weighted by atomic mass is 15.1. The maximum atomic E-state index is 3.47. The maximum absolute atomic E-state index is 3.47. The fourth-order valence-corrected chi connectivity index (χ4v) is 4.65. The third-order valence-electron chi connectivity index (χ3n) is 6.13. The molecule has 1 spiro atoms. The molecule has 0 aromatic heterocycles. The summed E-state index contributed by atoms with van der Waals surface area (Å²) >= 11 is 0. The molecule has 110 valence electrons. The van der Waals surface area contributed by atoms with Crippen molar-refractivity contribution in [1.82, 2.24) is 10.2 Å². The summed E-state index contributed by atoms with van der Waals surface area (Å²) in [5.41, 5.74) is 0.797. The minimum Gasteiger partial charge on any atom is -0.317 e. The van der Waals surface area contributed by atoms with E-state index in [2.05, 4.69) is 10.2 Å². The van der Waals surface area contributed by atoms with E-state index in [-0.39, 0.29) is 0 Å². The summed E-state index contributed by atoms with van der Waals surface area (Å²) < 4.78 is 0. The van der Waals surface area contributed by atoms with Crippen molar-refractivity contribution in [3.63, 3.8) is 0 Å². The van der Waals surface area contributed by atoms with Gasteiger partial charge in [-0.15, -0.1) is 0 Å². The summed E-state index contributed by atoms with van der Waals surface area (Å²) in [6, 6.07) is 0.